The zero-order chi connectivity index (χ0) is 27.4. The van der Waals surface area contributed by atoms with Gasteiger partial charge in [-0.3, -0.25) is 14.8 Å². The first-order valence-electron chi connectivity index (χ1n) is 12.7. The predicted molar refractivity (Wildman–Crippen MR) is 152 cm³/mol. The average Bonchev–Trinajstić information content (AvgIpc) is 2.96. The summed E-state index contributed by atoms with van der Waals surface area (Å²) in [5.41, 5.74) is 4.28. The molecule has 0 fully saturated rings. The van der Waals surface area contributed by atoms with E-state index in [4.69, 9.17) is 9.83 Å². The van der Waals surface area contributed by atoms with Gasteiger partial charge in [-0.25, -0.2) is 4.98 Å². The van der Waals surface area contributed by atoms with Crippen molar-refractivity contribution in [3.8, 4) is 45.3 Å². The Bertz CT molecular complexity index is 2170. The van der Waals surface area contributed by atoms with E-state index in [9.17, 15) is 9.90 Å². The Morgan fingerprint density at radius 3 is 2.30 bits per heavy atom. The minimum Gasteiger partial charge on any atom is -0.493 e. The summed E-state index contributed by atoms with van der Waals surface area (Å²) >= 11 is 0. The van der Waals surface area contributed by atoms with Gasteiger partial charge in [0.25, 0.3) is 5.56 Å². The highest BCUT2D eigenvalue weighted by Gasteiger charge is 2.27. The molecule has 0 radical (unpaired) electrons. The molecule has 8 heteroatoms. The highest BCUT2D eigenvalue weighted by atomic mass is 16.3. The SMILES string of the molecule is Cc1nc(O)c2c(=O)nc3n(-c4ccccc4)c(-c4cc5ccccc5oc4=N)cc(-c4ccccc4)c-3c2n1. The number of nitrogens with zero attached hydrogens (tertiary/aromatic N) is 4. The lowest BCUT2D eigenvalue weighted by Crippen LogP contribution is -2.19. The number of pyridine rings is 2. The second kappa shape index (κ2) is 8.99. The van der Waals surface area contributed by atoms with Crippen LogP contribution in [0.4, 0.5) is 0 Å². The zero-order valence-corrected chi connectivity index (χ0v) is 21.3. The van der Waals surface area contributed by atoms with Gasteiger partial charge in [-0.1, -0.05) is 66.7 Å². The first kappa shape index (κ1) is 23.5. The maximum absolute atomic E-state index is 13.4. The van der Waals surface area contributed by atoms with E-state index in [0.29, 0.717) is 39.6 Å². The van der Waals surface area contributed by atoms with Gasteiger partial charge < -0.3 is 9.52 Å². The van der Waals surface area contributed by atoms with E-state index in [1.54, 1.807) is 6.92 Å². The fraction of sp³-hybridized carbons (Fsp3) is 0.0312. The molecule has 0 unspecified atom stereocenters. The number of hydrogen-bond acceptors (Lipinski definition) is 7. The summed E-state index contributed by atoms with van der Waals surface area (Å²) in [5, 5.41) is 20.3. The van der Waals surface area contributed by atoms with Gasteiger partial charge in [-0.15, -0.1) is 0 Å². The maximum atomic E-state index is 13.4. The summed E-state index contributed by atoms with van der Waals surface area (Å²) < 4.78 is 7.78. The predicted octanol–water partition coefficient (Wildman–Crippen LogP) is 5.85. The van der Waals surface area contributed by atoms with Crippen LogP contribution in [0.1, 0.15) is 5.82 Å². The summed E-state index contributed by atoms with van der Waals surface area (Å²) in [6, 6.07) is 30.6. The molecule has 0 aliphatic carbocycles. The van der Waals surface area contributed by atoms with E-state index >= 15 is 0 Å². The van der Waals surface area contributed by atoms with E-state index in [2.05, 4.69) is 15.0 Å². The molecular formula is C32H21N5O3. The largest absolute Gasteiger partial charge is 0.493 e. The maximum Gasteiger partial charge on any atom is 0.286 e. The number of fused-ring (bicyclic) bond motifs is 4. The van der Waals surface area contributed by atoms with Crippen molar-refractivity contribution in [1.29, 1.82) is 5.41 Å². The van der Waals surface area contributed by atoms with Crippen molar-refractivity contribution in [2.75, 3.05) is 0 Å². The van der Waals surface area contributed by atoms with Crippen LogP contribution < -0.4 is 11.1 Å². The molecule has 0 atom stereocenters. The Morgan fingerprint density at radius 1 is 0.825 bits per heavy atom. The number of aromatic hydroxyl groups is 1. The lowest BCUT2D eigenvalue weighted by molar-refractivity contribution is 0.457. The zero-order valence-electron chi connectivity index (χ0n) is 21.3. The van der Waals surface area contributed by atoms with E-state index in [0.717, 1.165) is 22.2 Å². The normalized spacial score (nSPS) is 11.4. The van der Waals surface area contributed by atoms with E-state index in [-0.39, 0.29) is 10.9 Å². The number of aryl methyl sites for hydroxylation is 1. The molecule has 5 aromatic rings. The van der Waals surface area contributed by atoms with Gasteiger partial charge in [0.15, 0.2) is 5.82 Å². The summed E-state index contributed by atoms with van der Waals surface area (Å²) in [5.74, 6) is 0.260. The highest BCUT2D eigenvalue weighted by Crippen LogP contribution is 2.42. The first-order valence-corrected chi connectivity index (χ1v) is 12.7. The third kappa shape index (κ3) is 3.65. The topological polar surface area (TPSA) is 118 Å². The highest BCUT2D eigenvalue weighted by molar-refractivity contribution is 6.03. The van der Waals surface area contributed by atoms with Crippen LogP contribution in [0, 0.1) is 12.3 Å². The summed E-state index contributed by atoms with van der Waals surface area (Å²) in [6.07, 6.45) is 0. The van der Waals surface area contributed by atoms with Gasteiger partial charge in [-0.05, 0) is 48.4 Å². The molecule has 0 saturated carbocycles. The van der Waals surface area contributed by atoms with Crippen molar-refractivity contribution >= 4 is 21.9 Å². The molecule has 2 aromatic heterocycles. The molecule has 192 valence electrons. The van der Waals surface area contributed by atoms with Gasteiger partial charge in [0.1, 0.15) is 16.8 Å². The van der Waals surface area contributed by atoms with Crippen LogP contribution in [0.2, 0.25) is 0 Å². The van der Waals surface area contributed by atoms with Crippen LogP contribution in [0.25, 0.3) is 61.3 Å². The van der Waals surface area contributed by atoms with Crippen LogP contribution in [-0.4, -0.2) is 24.6 Å². The Morgan fingerprint density at radius 2 is 1.52 bits per heavy atom. The Kier molecular flexibility index (Phi) is 5.28. The molecule has 7 rings (SSSR count). The van der Waals surface area contributed by atoms with Crippen LogP contribution in [-0.2, 0) is 0 Å². The molecule has 0 amide bonds. The van der Waals surface area contributed by atoms with E-state index in [1.807, 2.05) is 102 Å². The molecule has 40 heavy (non-hydrogen) atoms. The fourth-order valence-electron chi connectivity index (χ4n) is 5.20. The van der Waals surface area contributed by atoms with Gasteiger partial charge >= 0.3 is 0 Å². The average molecular weight is 524 g/mol. The van der Waals surface area contributed by atoms with Crippen molar-refractivity contribution in [2.24, 2.45) is 0 Å². The minimum absolute atomic E-state index is 0.0271. The molecular weight excluding hydrogens is 502 g/mol. The number of rotatable bonds is 3. The van der Waals surface area contributed by atoms with Crippen molar-refractivity contribution in [2.45, 2.75) is 6.92 Å². The second-order valence-electron chi connectivity index (χ2n) is 9.44. The Hall–Kier alpha value is -5.63. The van der Waals surface area contributed by atoms with Crippen molar-refractivity contribution < 1.29 is 9.52 Å². The van der Waals surface area contributed by atoms with Crippen LogP contribution in [0.3, 0.4) is 0 Å². The molecule has 2 N–H and O–H groups in total. The molecule has 2 aliphatic rings. The van der Waals surface area contributed by atoms with Gasteiger partial charge in [0, 0.05) is 11.1 Å². The second-order valence-corrected chi connectivity index (χ2v) is 9.44. The molecule has 0 spiro atoms. The summed E-state index contributed by atoms with van der Waals surface area (Å²) in [7, 11) is 0. The molecule has 2 aliphatic heterocycles. The number of para-hydroxylation sites is 2. The Labute approximate surface area is 227 Å². The molecule has 8 nitrogen and oxygen atoms in total. The summed E-state index contributed by atoms with van der Waals surface area (Å²) in [6.45, 7) is 1.67. The van der Waals surface area contributed by atoms with Crippen LogP contribution in [0.15, 0.2) is 106 Å². The lowest BCUT2D eigenvalue weighted by atomic mass is 9.94. The number of nitrogens with one attached hydrogen (secondary N) is 1. The van der Waals surface area contributed by atoms with Gasteiger partial charge in [-0.2, -0.15) is 9.97 Å². The quantitative estimate of drug-likeness (QED) is 0.280. The third-order valence-corrected chi connectivity index (χ3v) is 6.94. The van der Waals surface area contributed by atoms with E-state index < -0.39 is 11.4 Å². The lowest BCUT2D eigenvalue weighted by Gasteiger charge is -2.24. The molecule has 0 saturated heterocycles. The van der Waals surface area contributed by atoms with Crippen molar-refractivity contribution in [1.82, 2.24) is 19.5 Å². The number of aromatic nitrogens is 4. The standard InChI is InChI=1S/C32H21N5O3/c1-18-34-28-26-22(19-10-4-2-5-11-19)17-24(23-16-20-12-8-9-15-25(20)40-29(23)33)37(21-13-6-3-7-14-21)30(26)36-32(39)27(28)31(38)35-18/h2-17,33H,1H3,(H,34,35,38). The Balaban J connectivity index is 1.74. The summed E-state index contributed by atoms with van der Waals surface area (Å²) in [4.78, 5) is 26.6. The molecule has 4 heterocycles. The monoisotopic (exact) mass is 523 g/mol. The van der Waals surface area contributed by atoms with Crippen LogP contribution >= 0.6 is 0 Å². The van der Waals surface area contributed by atoms with Gasteiger partial charge in [0.2, 0.25) is 11.4 Å². The third-order valence-electron chi connectivity index (χ3n) is 6.94. The van der Waals surface area contributed by atoms with Crippen LogP contribution in [0.5, 0.6) is 5.88 Å². The van der Waals surface area contributed by atoms with E-state index in [1.165, 1.54) is 0 Å². The van der Waals surface area contributed by atoms with Crippen molar-refractivity contribution in [3.05, 3.63) is 119 Å². The number of benzene rings is 3. The number of hydrogen-bond donors (Lipinski definition) is 2. The molecule has 0 bridgehead atoms. The fourth-order valence-corrected chi connectivity index (χ4v) is 5.20. The molecule has 3 aromatic carbocycles. The minimum atomic E-state index is -0.643. The smallest absolute Gasteiger partial charge is 0.286 e. The van der Waals surface area contributed by atoms with Crippen molar-refractivity contribution in [3.63, 3.8) is 0 Å². The van der Waals surface area contributed by atoms with Gasteiger partial charge in [0.05, 0.1) is 22.3 Å². The first-order chi connectivity index (χ1) is 19.5.